The molecule has 20 heavy (non-hydrogen) atoms. The molecule has 2 nitrogen and oxygen atoms in total. The van der Waals surface area contributed by atoms with Crippen LogP contribution in [0.3, 0.4) is 0 Å². The second-order valence-electron chi connectivity index (χ2n) is 4.55. The molecule has 0 saturated carbocycles. The molecule has 0 spiro atoms. The summed E-state index contributed by atoms with van der Waals surface area (Å²) in [7, 11) is 0. The molecule has 0 radical (unpaired) electrons. The number of hydrogen-bond donors (Lipinski definition) is 0. The fourth-order valence-electron chi connectivity index (χ4n) is 1.93. The summed E-state index contributed by atoms with van der Waals surface area (Å²) in [5, 5.41) is 9.49. The normalized spacial score (nSPS) is 10.2. The zero-order chi connectivity index (χ0) is 14.7. The maximum atomic E-state index is 13.9. The van der Waals surface area contributed by atoms with Gasteiger partial charge in [0.25, 0.3) is 0 Å². The first-order valence-electron chi connectivity index (χ1n) is 6.10. The van der Waals surface area contributed by atoms with Gasteiger partial charge in [0.2, 0.25) is 0 Å². The summed E-state index contributed by atoms with van der Waals surface area (Å²) >= 11 is 6.08. The third-order valence-electron chi connectivity index (χ3n) is 3.00. The van der Waals surface area contributed by atoms with Crippen molar-refractivity contribution in [3.05, 3.63) is 63.4 Å². The quantitative estimate of drug-likeness (QED) is 0.830. The second kappa shape index (κ2) is 5.94. The van der Waals surface area contributed by atoms with E-state index in [0.717, 1.165) is 11.1 Å². The van der Waals surface area contributed by atoms with Crippen LogP contribution < -0.4 is 4.74 Å². The van der Waals surface area contributed by atoms with Crippen LogP contribution in [0.25, 0.3) is 0 Å². The third-order valence-corrected chi connectivity index (χ3v) is 3.60. The lowest BCUT2D eigenvalue weighted by Crippen LogP contribution is -2.01. The number of halogens is 2. The summed E-state index contributed by atoms with van der Waals surface area (Å²) in [5.41, 5.74) is 2.20. The first-order chi connectivity index (χ1) is 9.52. The minimum absolute atomic E-state index is 0.0227. The van der Waals surface area contributed by atoms with Crippen LogP contribution in [0.1, 0.15) is 22.3 Å². The fourth-order valence-corrected chi connectivity index (χ4v) is 2.04. The third kappa shape index (κ3) is 2.92. The van der Waals surface area contributed by atoms with E-state index < -0.39 is 5.82 Å². The average molecular weight is 290 g/mol. The van der Waals surface area contributed by atoms with E-state index >= 15 is 0 Å². The van der Waals surface area contributed by atoms with Gasteiger partial charge in [0.05, 0.1) is 5.56 Å². The Hall–Kier alpha value is -2.05. The molecule has 0 saturated heterocycles. The summed E-state index contributed by atoms with van der Waals surface area (Å²) in [6, 6.07) is 10.1. The van der Waals surface area contributed by atoms with Crippen LogP contribution in [0.2, 0.25) is 5.02 Å². The van der Waals surface area contributed by atoms with E-state index in [2.05, 4.69) is 0 Å². The molecule has 2 aromatic rings. The Bertz CT molecular complexity index is 668. The lowest BCUT2D eigenvalue weighted by molar-refractivity contribution is 0.299. The number of rotatable bonds is 3. The number of hydrogen-bond acceptors (Lipinski definition) is 2. The van der Waals surface area contributed by atoms with Crippen LogP contribution in [0.4, 0.5) is 4.39 Å². The molecule has 0 amide bonds. The van der Waals surface area contributed by atoms with E-state index in [1.807, 2.05) is 19.9 Å². The van der Waals surface area contributed by atoms with Crippen molar-refractivity contribution in [1.29, 1.82) is 5.26 Å². The highest BCUT2D eigenvalue weighted by molar-refractivity contribution is 6.32. The van der Waals surface area contributed by atoms with Crippen molar-refractivity contribution in [2.75, 3.05) is 0 Å². The Labute approximate surface area is 122 Å². The number of nitrogens with zero attached hydrogens (tertiary/aromatic N) is 1. The van der Waals surface area contributed by atoms with Crippen LogP contribution in [0.15, 0.2) is 30.3 Å². The molecule has 0 atom stereocenters. The summed E-state index contributed by atoms with van der Waals surface area (Å²) in [6.07, 6.45) is 0. The van der Waals surface area contributed by atoms with Crippen molar-refractivity contribution in [1.82, 2.24) is 0 Å². The van der Waals surface area contributed by atoms with Gasteiger partial charge in [-0.05, 0) is 43.2 Å². The molecular formula is C16H13ClFNO. The Morgan fingerprint density at radius 2 is 1.90 bits per heavy atom. The Morgan fingerprint density at radius 3 is 2.50 bits per heavy atom. The van der Waals surface area contributed by atoms with Crippen LogP contribution in [-0.4, -0.2) is 0 Å². The van der Waals surface area contributed by atoms with Crippen molar-refractivity contribution in [3.8, 4) is 11.8 Å². The molecule has 0 fully saturated rings. The van der Waals surface area contributed by atoms with Crippen LogP contribution >= 0.6 is 11.6 Å². The maximum absolute atomic E-state index is 13.9. The molecule has 0 aliphatic carbocycles. The van der Waals surface area contributed by atoms with Gasteiger partial charge in [0, 0.05) is 10.6 Å². The largest absolute Gasteiger partial charge is 0.489 e. The highest BCUT2D eigenvalue weighted by atomic mass is 35.5. The Morgan fingerprint density at radius 1 is 1.25 bits per heavy atom. The van der Waals surface area contributed by atoms with E-state index in [1.165, 1.54) is 6.07 Å². The number of nitriles is 1. The summed E-state index contributed by atoms with van der Waals surface area (Å²) in [6.45, 7) is 3.85. The molecule has 0 aliphatic rings. The average Bonchev–Trinajstić information content (AvgIpc) is 2.43. The maximum Gasteiger partial charge on any atom is 0.147 e. The minimum Gasteiger partial charge on any atom is -0.489 e. The lowest BCUT2D eigenvalue weighted by Gasteiger charge is -2.11. The molecule has 0 heterocycles. The van der Waals surface area contributed by atoms with Gasteiger partial charge in [0.1, 0.15) is 24.2 Å². The topological polar surface area (TPSA) is 33.0 Å². The van der Waals surface area contributed by atoms with Crippen molar-refractivity contribution < 1.29 is 9.13 Å². The van der Waals surface area contributed by atoms with Crippen molar-refractivity contribution in [2.24, 2.45) is 0 Å². The van der Waals surface area contributed by atoms with Gasteiger partial charge in [0.15, 0.2) is 0 Å². The second-order valence-corrected chi connectivity index (χ2v) is 4.93. The predicted octanol–water partition coefficient (Wildman–Crippen LogP) is 4.55. The van der Waals surface area contributed by atoms with Gasteiger partial charge in [-0.2, -0.15) is 5.26 Å². The fraction of sp³-hybridized carbons (Fsp3) is 0.188. The smallest absolute Gasteiger partial charge is 0.147 e. The molecule has 102 valence electrons. The molecule has 0 aliphatic heterocycles. The van der Waals surface area contributed by atoms with Gasteiger partial charge in [-0.15, -0.1) is 0 Å². The van der Waals surface area contributed by atoms with Gasteiger partial charge in [-0.25, -0.2) is 4.39 Å². The summed E-state index contributed by atoms with van der Waals surface area (Å²) < 4.78 is 19.5. The van der Waals surface area contributed by atoms with Crippen molar-refractivity contribution in [3.63, 3.8) is 0 Å². The first-order valence-corrected chi connectivity index (χ1v) is 6.47. The molecule has 4 heteroatoms. The molecule has 2 rings (SSSR count). The van der Waals surface area contributed by atoms with E-state index in [9.17, 15) is 4.39 Å². The molecule has 0 bridgehead atoms. The minimum atomic E-state index is -0.530. The van der Waals surface area contributed by atoms with Gasteiger partial charge in [-0.1, -0.05) is 23.7 Å². The predicted molar refractivity (Wildman–Crippen MR) is 76.4 cm³/mol. The van der Waals surface area contributed by atoms with E-state index in [-0.39, 0.29) is 12.2 Å². The molecule has 0 unspecified atom stereocenters. The van der Waals surface area contributed by atoms with Crippen molar-refractivity contribution in [2.45, 2.75) is 20.5 Å². The van der Waals surface area contributed by atoms with Crippen LogP contribution in [0, 0.1) is 31.0 Å². The van der Waals surface area contributed by atoms with E-state index in [0.29, 0.717) is 16.3 Å². The number of benzene rings is 2. The molecule has 0 N–H and O–H groups in total. The zero-order valence-corrected chi connectivity index (χ0v) is 12.0. The molecule has 0 aromatic heterocycles. The van der Waals surface area contributed by atoms with E-state index in [1.54, 1.807) is 24.3 Å². The monoisotopic (exact) mass is 289 g/mol. The molecule has 2 aromatic carbocycles. The molecular weight excluding hydrogens is 277 g/mol. The van der Waals surface area contributed by atoms with Crippen molar-refractivity contribution >= 4 is 11.6 Å². The Kier molecular flexibility index (Phi) is 4.26. The van der Waals surface area contributed by atoms with Gasteiger partial charge in [-0.3, -0.25) is 0 Å². The number of ether oxygens (including phenoxy) is 1. The summed E-state index contributed by atoms with van der Waals surface area (Å²) in [4.78, 5) is 0. The van der Waals surface area contributed by atoms with Crippen LogP contribution in [-0.2, 0) is 6.61 Å². The standard InChI is InChI=1S/C16H13ClFNO/c1-10-6-14(7-11(2)15(10)17)20-9-13-5-3-4-12(8-19)16(13)18/h3-7H,9H2,1-2H3. The Balaban J connectivity index is 2.20. The van der Waals surface area contributed by atoms with Gasteiger partial charge < -0.3 is 4.74 Å². The highest BCUT2D eigenvalue weighted by Crippen LogP contribution is 2.26. The SMILES string of the molecule is Cc1cc(OCc2cccc(C#N)c2F)cc(C)c1Cl. The number of aryl methyl sites for hydroxylation is 2. The first kappa shape index (κ1) is 14.4. The highest BCUT2D eigenvalue weighted by Gasteiger charge is 2.09. The van der Waals surface area contributed by atoms with E-state index in [4.69, 9.17) is 21.6 Å². The summed E-state index contributed by atoms with van der Waals surface area (Å²) in [5.74, 6) is 0.101. The lowest BCUT2D eigenvalue weighted by atomic mass is 10.1. The zero-order valence-electron chi connectivity index (χ0n) is 11.2. The van der Waals surface area contributed by atoms with Crippen LogP contribution in [0.5, 0.6) is 5.75 Å². The van der Waals surface area contributed by atoms with Gasteiger partial charge >= 0.3 is 0 Å².